The molecule has 0 unspecified atom stereocenters. The van der Waals surface area contributed by atoms with Crippen LogP contribution in [-0.4, -0.2) is 5.91 Å². The number of aryl methyl sites for hydroxylation is 2. The summed E-state index contributed by atoms with van der Waals surface area (Å²) in [6.07, 6.45) is 4.37. The number of rotatable bonds is 6. The van der Waals surface area contributed by atoms with Crippen LogP contribution >= 0.6 is 0 Å². The number of carbonyl (C=O) groups is 1. The van der Waals surface area contributed by atoms with Crippen molar-refractivity contribution in [2.24, 2.45) is 0 Å². The zero-order valence-electron chi connectivity index (χ0n) is 12.9. The molecule has 0 aromatic heterocycles. The average molecular weight is 281 g/mol. The second-order valence-corrected chi connectivity index (χ2v) is 5.27. The van der Waals surface area contributed by atoms with Crippen LogP contribution in [0.5, 0.6) is 0 Å². The summed E-state index contributed by atoms with van der Waals surface area (Å²) in [6, 6.07) is 15.9. The monoisotopic (exact) mass is 281 g/mol. The van der Waals surface area contributed by atoms with Gasteiger partial charge >= 0.3 is 0 Å². The molecule has 0 aliphatic heterocycles. The third-order valence-electron chi connectivity index (χ3n) is 3.68. The zero-order valence-corrected chi connectivity index (χ0v) is 12.9. The molecule has 0 fully saturated rings. The molecular formula is C19H23NO. The van der Waals surface area contributed by atoms with E-state index < -0.39 is 0 Å². The highest BCUT2D eigenvalue weighted by Crippen LogP contribution is 2.17. The highest BCUT2D eigenvalue weighted by Gasteiger charge is 2.08. The van der Waals surface area contributed by atoms with Crippen LogP contribution in [0.4, 0.5) is 5.69 Å². The fourth-order valence-electron chi connectivity index (χ4n) is 2.35. The number of anilines is 1. The van der Waals surface area contributed by atoms with Crippen molar-refractivity contribution < 1.29 is 4.79 Å². The molecule has 0 aliphatic carbocycles. The maximum absolute atomic E-state index is 12.3. The van der Waals surface area contributed by atoms with Crippen LogP contribution in [0.2, 0.25) is 0 Å². The van der Waals surface area contributed by atoms with Crippen LogP contribution in [0.1, 0.15) is 48.2 Å². The van der Waals surface area contributed by atoms with Gasteiger partial charge in [-0.1, -0.05) is 50.6 Å². The Labute approximate surface area is 127 Å². The van der Waals surface area contributed by atoms with Crippen molar-refractivity contribution in [3.63, 3.8) is 0 Å². The fourth-order valence-corrected chi connectivity index (χ4v) is 2.35. The summed E-state index contributed by atoms with van der Waals surface area (Å²) in [6.45, 7) is 4.28. The van der Waals surface area contributed by atoms with E-state index in [2.05, 4.69) is 31.3 Å². The topological polar surface area (TPSA) is 29.1 Å². The predicted octanol–water partition coefficient (Wildman–Crippen LogP) is 4.84. The van der Waals surface area contributed by atoms with Crippen LogP contribution in [-0.2, 0) is 12.8 Å². The molecule has 1 N–H and O–H groups in total. The Morgan fingerprint density at radius 3 is 2.38 bits per heavy atom. The smallest absolute Gasteiger partial charge is 0.255 e. The maximum Gasteiger partial charge on any atom is 0.255 e. The van der Waals surface area contributed by atoms with Crippen molar-refractivity contribution in [1.29, 1.82) is 0 Å². The van der Waals surface area contributed by atoms with Gasteiger partial charge in [0.25, 0.3) is 5.91 Å². The quantitative estimate of drug-likeness (QED) is 0.806. The molecule has 2 aromatic rings. The van der Waals surface area contributed by atoms with E-state index >= 15 is 0 Å². The lowest BCUT2D eigenvalue weighted by molar-refractivity contribution is 0.102. The van der Waals surface area contributed by atoms with E-state index in [1.165, 1.54) is 18.4 Å². The summed E-state index contributed by atoms with van der Waals surface area (Å²) in [4.78, 5) is 12.3. The summed E-state index contributed by atoms with van der Waals surface area (Å²) in [7, 11) is 0. The van der Waals surface area contributed by atoms with Gasteiger partial charge in [0.05, 0.1) is 0 Å². The SMILES string of the molecule is CCCCc1ccc(C(=O)Nc2ccccc2CC)cc1. The highest BCUT2D eigenvalue weighted by molar-refractivity contribution is 6.04. The third-order valence-corrected chi connectivity index (χ3v) is 3.68. The molecule has 2 nitrogen and oxygen atoms in total. The molecule has 0 saturated carbocycles. The number of hydrogen-bond donors (Lipinski definition) is 1. The molecule has 0 heterocycles. The number of hydrogen-bond acceptors (Lipinski definition) is 1. The van der Waals surface area contributed by atoms with Gasteiger partial charge in [-0.3, -0.25) is 4.79 Å². The van der Waals surface area contributed by atoms with Gasteiger partial charge in [-0.25, -0.2) is 0 Å². The molecule has 0 saturated heterocycles. The molecule has 2 aromatic carbocycles. The van der Waals surface area contributed by atoms with Gasteiger partial charge in [0.2, 0.25) is 0 Å². The summed E-state index contributed by atoms with van der Waals surface area (Å²) >= 11 is 0. The lowest BCUT2D eigenvalue weighted by Gasteiger charge is -2.10. The number of carbonyl (C=O) groups excluding carboxylic acids is 1. The first-order valence-corrected chi connectivity index (χ1v) is 7.72. The number of benzene rings is 2. The summed E-state index contributed by atoms with van der Waals surface area (Å²) in [5, 5.41) is 3.00. The largest absolute Gasteiger partial charge is 0.322 e. The van der Waals surface area contributed by atoms with E-state index in [4.69, 9.17) is 0 Å². The van der Waals surface area contributed by atoms with Crippen LogP contribution in [0.25, 0.3) is 0 Å². The standard InChI is InChI=1S/C19H23NO/c1-3-5-8-15-11-13-17(14-12-15)19(21)20-18-10-7-6-9-16(18)4-2/h6-7,9-14H,3-5,8H2,1-2H3,(H,20,21). The first kappa shape index (κ1) is 15.3. The minimum absolute atomic E-state index is 0.0436. The Hall–Kier alpha value is -2.09. The van der Waals surface area contributed by atoms with Crippen molar-refractivity contribution in [2.75, 3.05) is 5.32 Å². The fraction of sp³-hybridized carbons (Fsp3) is 0.316. The first-order valence-electron chi connectivity index (χ1n) is 7.72. The van der Waals surface area contributed by atoms with Gasteiger partial charge in [-0.05, 0) is 48.6 Å². The van der Waals surface area contributed by atoms with Crippen molar-refractivity contribution in [3.8, 4) is 0 Å². The minimum Gasteiger partial charge on any atom is -0.322 e. The predicted molar refractivity (Wildman–Crippen MR) is 88.8 cm³/mol. The zero-order chi connectivity index (χ0) is 15.1. The molecule has 110 valence electrons. The van der Waals surface area contributed by atoms with E-state index in [1.807, 2.05) is 36.4 Å². The normalized spacial score (nSPS) is 10.4. The Kier molecular flexibility index (Phi) is 5.56. The molecule has 2 rings (SSSR count). The first-order chi connectivity index (χ1) is 10.2. The second-order valence-electron chi connectivity index (χ2n) is 5.27. The van der Waals surface area contributed by atoms with E-state index in [1.54, 1.807) is 0 Å². The van der Waals surface area contributed by atoms with Gasteiger partial charge in [0.1, 0.15) is 0 Å². The molecule has 0 radical (unpaired) electrons. The number of nitrogens with one attached hydrogen (secondary N) is 1. The molecule has 0 atom stereocenters. The van der Waals surface area contributed by atoms with Crippen LogP contribution < -0.4 is 5.32 Å². The molecular weight excluding hydrogens is 258 g/mol. The highest BCUT2D eigenvalue weighted by atomic mass is 16.1. The van der Waals surface area contributed by atoms with E-state index in [0.29, 0.717) is 5.56 Å². The van der Waals surface area contributed by atoms with Gasteiger partial charge in [0.15, 0.2) is 0 Å². The van der Waals surface area contributed by atoms with Gasteiger partial charge in [-0.15, -0.1) is 0 Å². The Morgan fingerprint density at radius 1 is 1.00 bits per heavy atom. The number of amides is 1. The second kappa shape index (κ2) is 7.63. The Morgan fingerprint density at radius 2 is 1.71 bits per heavy atom. The van der Waals surface area contributed by atoms with Crippen LogP contribution in [0, 0.1) is 0 Å². The number of para-hydroxylation sites is 1. The lowest BCUT2D eigenvalue weighted by Crippen LogP contribution is -2.13. The van der Waals surface area contributed by atoms with Gasteiger partial charge in [0, 0.05) is 11.3 Å². The summed E-state index contributed by atoms with van der Waals surface area (Å²) < 4.78 is 0. The average Bonchev–Trinajstić information content (AvgIpc) is 2.54. The molecule has 0 bridgehead atoms. The molecule has 0 aliphatic rings. The van der Waals surface area contributed by atoms with Gasteiger partial charge < -0.3 is 5.32 Å². The van der Waals surface area contributed by atoms with Crippen molar-refractivity contribution in [1.82, 2.24) is 0 Å². The summed E-state index contributed by atoms with van der Waals surface area (Å²) in [5.74, 6) is -0.0436. The van der Waals surface area contributed by atoms with E-state index in [9.17, 15) is 4.79 Å². The maximum atomic E-state index is 12.3. The van der Waals surface area contributed by atoms with E-state index in [0.717, 1.165) is 24.1 Å². The van der Waals surface area contributed by atoms with Crippen molar-refractivity contribution in [2.45, 2.75) is 39.5 Å². The minimum atomic E-state index is -0.0436. The molecule has 0 spiro atoms. The van der Waals surface area contributed by atoms with Crippen molar-refractivity contribution >= 4 is 11.6 Å². The van der Waals surface area contributed by atoms with Crippen molar-refractivity contribution in [3.05, 3.63) is 65.2 Å². The number of unbranched alkanes of at least 4 members (excludes halogenated alkanes) is 1. The lowest BCUT2D eigenvalue weighted by atomic mass is 10.1. The molecule has 1 amide bonds. The molecule has 21 heavy (non-hydrogen) atoms. The Balaban J connectivity index is 2.06. The van der Waals surface area contributed by atoms with Crippen LogP contribution in [0.15, 0.2) is 48.5 Å². The Bertz CT molecular complexity index is 587. The van der Waals surface area contributed by atoms with E-state index in [-0.39, 0.29) is 5.91 Å². The third kappa shape index (κ3) is 4.19. The molecule has 2 heteroatoms. The summed E-state index contributed by atoms with van der Waals surface area (Å²) in [5.41, 5.74) is 4.06. The van der Waals surface area contributed by atoms with Gasteiger partial charge in [-0.2, -0.15) is 0 Å². The van der Waals surface area contributed by atoms with Crippen LogP contribution in [0.3, 0.4) is 0 Å².